The second kappa shape index (κ2) is 5.81. The Morgan fingerprint density at radius 1 is 1.50 bits per heavy atom. The molecule has 0 saturated carbocycles. The molecule has 0 radical (unpaired) electrons. The van der Waals surface area contributed by atoms with E-state index in [9.17, 15) is 4.79 Å². The van der Waals surface area contributed by atoms with Crippen LogP contribution in [0.15, 0.2) is 12.2 Å². The van der Waals surface area contributed by atoms with Crippen molar-refractivity contribution in [3.05, 3.63) is 12.2 Å². The Labute approximate surface area is 84.8 Å². The summed E-state index contributed by atoms with van der Waals surface area (Å²) in [6, 6.07) is 0. The van der Waals surface area contributed by atoms with Crippen molar-refractivity contribution in [2.24, 2.45) is 0 Å². The zero-order valence-corrected chi connectivity index (χ0v) is 8.61. The van der Waals surface area contributed by atoms with Crippen molar-refractivity contribution in [1.29, 1.82) is 0 Å². The number of carboxylic acids is 1. The van der Waals surface area contributed by atoms with Gasteiger partial charge in [-0.05, 0) is 26.2 Å². The van der Waals surface area contributed by atoms with Crippen LogP contribution >= 0.6 is 0 Å². The summed E-state index contributed by atoms with van der Waals surface area (Å²) in [5.74, 6) is -0.888. The van der Waals surface area contributed by atoms with Crippen LogP contribution in [0.2, 0.25) is 0 Å². The second-order valence-electron chi connectivity index (χ2n) is 3.72. The Balaban J connectivity index is 2.40. The van der Waals surface area contributed by atoms with Gasteiger partial charge in [-0.25, -0.2) is 4.79 Å². The van der Waals surface area contributed by atoms with Crippen LogP contribution in [0.4, 0.5) is 0 Å². The minimum atomic E-state index is -0.888. The fraction of sp³-hybridized carbons (Fsp3) is 0.727. The van der Waals surface area contributed by atoms with Gasteiger partial charge in [0.2, 0.25) is 0 Å². The summed E-state index contributed by atoms with van der Waals surface area (Å²) in [7, 11) is 0. The normalized spacial score (nSPS) is 27.4. The summed E-state index contributed by atoms with van der Waals surface area (Å²) < 4.78 is 5.40. The molecule has 0 saturated heterocycles. The molecule has 1 aliphatic carbocycles. The van der Waals surface area contributed by atoms with E-state index in [1.807, 2.05) is 6.08 Å². The van der Waals surface area contributed by atoms with Gasteiger partial charge in [0, 0.05) is 0 Å². The molecule has 0 aromatic carbocycles. The molecule has 0 heterocycles. The molecule has 0 aromatic heterocycles. The van der Waals surface area contributed by atoms with E-state index in [1.165, 1.54) is 12.8 Å². The van der Waals surface area contributed by atoms with Gasteiger partial charge in [-0.1, -0.05) is 25.0 Å². The smallest absolute Gasteiger partial charge is 0.332 e. The Kier molecular flexibility index (Phi) is 4.66. The van der Waals surface area contributed by atoms with Crippen molar-refractivity contribution in [2.45, 2.75) is 51.2 Å². The van der Waals surface area contributed by atoms with E-state index in [4.69, 9.17) is 9.84 Å². The fourth-order valence-corrected chi connectivity index (χ4v) is 1.56. The number of carboxylic acid groups (broad SMARTS) is 1. The summed E-state index contributed by atoms with van der Waals surface area (Å²) >= 11 is 0. The zero-order valence-electron chi connectivity index (χ0n) is 8.61. The zero-order chi connectivity index (χ0) is 10.4. The maximum Gasteiger partial charge on any atom is 0.332 e. The maximum absolute atomic E-state index is 10.6. The third-order valence-electron chi connectivity index (χ3n) is 2.44. The number of ether oxygens (including phenoxy) is 1. The van der Waals surface area contributed by atoms with Crippen LogP contribution < -0.4 is 0 Å². The van der Waals surface area contributed by atoms with Gasteiger partial charge in [-0.3, -0.25) is 0 Å². The van der Waals surface area contributed by atoms with Gasteiger partial charge >= 0.3 is 5.97 Å². The molecule has 3 nitrogen and oxygen atoms in total. The number of aliphatic carboxylic acids is 1. The molecule has 3 heteroatoms. The van der Waals surface area contributed by atoms with E-state index in [1.54, 1.807) is 6.92 Å². The summed E-state index contributed by atoms with van der Waals surface area (Å²) in [4.78, 5) is 10.6. The number of carbonyl (C=O) groups is 1. The number of rotatable bonds is 3. The topological polar surface area (TPSA) is 46.5 Å². The first-order valence-electron chi connectivity index (χ1n) is 5.25. The van der Waals surface area contributed by atoms with Gasteiger partial charge in [0.05, 0.1) is 6.10 Å². The van der Waals surface area contributed by atoms with Crippen LogP contribution in [-0.4, -0.2) is 23.3 Å². The molecule has 1 aliphatic rings. The SMILES string of the molecule is CC(OC1/C=C\CCCCC1)C(=O)O. The first-order chi connectivity index (χ1) is 6.70. The maximum atomic E-state index is 10.6. The molecule has 0 amide bonds. The van der Waals surface area contributed by atoms with Gasteiger partial charge in [0.15, 0.2) is 6.10 Å². The van der Waals surface area contributed by atoms with Crippen molar-refractivity contribution < 1.29 is 14.6 Å². The lowest BCUT2D eigenvalue weighted by atomic mass is 10.0. The van der Waals surface area contributed by atoms with Gasteiger partial charge in [0.1, 0.15) is 0 Å². The lowest BCUT2D eigenvalue weighted by molar-refractivity contribution is -0.151. The van der Waals surface area contributed by atoms with Gasteiger partial charge < -0.3 is 9.84 Å². The third kappa shape index (κ3) is 3.92. The van der Waals surface area contributed by atoms with Crippen molar-refractivity contribution in [1.82, 2.24) is 0 Å². The third-order valence-corrected chi connectivity index (χ3v) is 2.44. The largest absolute Gasteiger partial charge is 0.479 e. The van der Waals surface area contributed by atoms with Gasteiger partial charge in [-0.2, -0.15) is 0 Å². The first-order valence-corrected chi connectivity index (χ1v) is 5.25. The Hall–Kier alpha value is -0.830. The van der Waals surface area contributed by atoms with E-state index in [-0.39, 0.29) is 6.10 Å². The van der Waals surface area contributed by atoms with Crippen molar-refractivity contribution in [3.8, 4) is 0 Å². The molecular weight excluding hydrogens is 180 g/mol. The van der Waals surface area contributed by atoms with Crippen molar-refractivity contribution >= 4 is 5.97 Å². The summed E-state index contributed by atoms with van der Waals surface area (Å²) in [5.41, 5.74) is 0. The van der Waals surface area contributed by atoms with Crippen LogP contribution in [0.1, 0.15) is 39.0 Å². The van der Waals surface area contributed by atoms with Crippen LogP contribution in [0.3, 0.4) is 0 Å². The second-order valence-corrected chi connectivity index (χ2v) is 3.72. The number of hydrogen-bond acceptors (Lipinski definition) is 2. The first kappa shape index (κ1) is 11.2. The fourth-order valence-electron chi connectivity index (χ4n) is 1.56. The highest BCUT2D eigenvalue weighted by Crippen LogP contribution is 2.15. The van der Waals surface area contributed by atoms with E-state index in [2.05, 4.69) is 6.08 Å². The van der Waals surface area contributed by atoms with Crippen LogP contribution in [0.25, 0.3) is 0 Å². The Morgan fingerprint density at radius 3 is 3.00 bits per heavy atom. The highest BCUT2D eigenvalue weighted by atomic mass is 16.5. The van der Waals surface area contributed by atoms with Crippen molar-refractivity contribution in [2.75, 3.05) is 0 Å². The average Bonchev–Trinajstić information content (AvgIpc) is 2.08. The molecular formula is C11H18O3. The molecule has 1 N–H and O–H groups in total. The lowest BCUT2D eigenvalue weighted by Gasteiger charge is -2.18. The molecule has 0 spiro atoms. The highest BCUT2D eigenvalue weighted by molar-refractivity contribution is 5.71. The molecule has 0 bridgehead atoms. The van der Waals surface area contributed by atoms with Gasteiger partial charge in [0.25, 0.3) is 0 Å². The van der Waals surface area contributed by atoms with E-state index in [0.717, 1.165) is 19.3 Å². The molecule has 0 aliphatic heterocycles. The molecule has 0 aromatic rings. The lowest BCUT2D eigenvalue weighted by Crippen LogP contribution is -2.25. The molecule has 2 unspecified atom stereocenters. The average molecular weight is 198 g/mol. The summed E-state index contributed by atoms with van der Waals surface area (Å²) in [5, 5.41) is 8.69. The minimum Gasteiger partial charge on any atom is -0.479 e. The minimum absolute atomic E-state index is 0.0126. The summed E-state index contributed by atoms with van der Waals surface area (Å²) in [6.45, 7) is 1.58. The molecule has 1 rings (SSSR count). The predicted molar refractivity (Wildman–Crippen MR) is 54.2 cm³/mol. The summed E-state index contributed by atoms with van der Waals surface area (Å²) in [6.07, 6.45) is 8.97. The number of allylic oxidation sites excluding steroid dienone is 1. The van der Waals surface area contributed by atoms with E-state index in [0.29, 0.717) is 0 Å². The number of hydrogen-bond donors (Lipinski definition) is 1. The Bertz CT molecular complexity index is 211. The Morgan fingerprint density at radius 2 is 2.29 bits per heavy atom. The van der Waals surface area contributed by atoms with Crippen LogP contribution in [0.5, 0.6) is 0 Å². The van der Waals surface area contributed by atoms with E-state index < -0.39 is 12.1 Å². The molecule has 14 heavy (non-hydrogen) atoms. The van der Waals surface area contributed by atoms with Crippen LogP contribution in [0, 0.1) is 0 Å². The standard InChI is InChI=1S/C11H18O3/c1-9(11(12)13)14-10-7-5-3-2-4-6-8-10/h5,7,9-10H,2-4,6,8H2,1H3,(H,12,13)/b7-5-. The van der Waals surface area contributed by atoms with Gasteiger partial charge in [-0.15, -0.1) is 0 Å². The van der Waals surface area contributed by atoms with E-state index >= 15 is 0 Å². The highest BCUT2D eigenvalue weighted by Gasteiger charge is 2.16. The monoisotopic (exact) mass is 198 g/mol. The molecule has 80 valence electrons. The quantitative estimate of drug-likeness (QED) is 0.708. The molecule has 0 fully saturated rings. The molecule has 2 atom stereocenters. The van der Waals surface area contributed by atoms with Crippen LogP contribution in [-0.2, 0) is 9.53 Å². The predicted octanol–water partition coefficient (Wildman–Crippen LogP) is 2.37. The van der Waals surface area contributed by atoms with Crippen molar-refractivity contribution in [3.63, 3.8) is 0 Å².